The van der Waals surface area contributed by atoms with Crippen LogP contribution in [0.2, 0.25) is 0 Å². The van der Waals surface area contributed by atoms with E-state index in [1.54, 1.807) is 18.2 Å². The van der Waals surface area contributed by atoms with E-state index in [0.717, 1.165) is 22.5 Å². The van der Waals surface area contributed by atoms with Crippen molar-refractivity contribution in [2.45, 2.75) is 25.7 Å². The third kappa shape index (κ3) is 3.53. The van der Waals surface area contributed by atoms with Crippen molar-refractivity contribution >= 4 is 11.7 Å². The van der Waals surface area contributed by atoms with Gasteiger partial charge in [0.05, 0.1) is 17.1 Å². The summed E-state index contributed by atoms with van der Waals surface area (Å²) < 4.78 is 28.4. The van der Waals surface area contributed by atoms with E-state index in [4.69, 9.17) is 10.6 Å². The molecule has 0 saturated carbocycles. The molecule has 4 rings (SSSR count). The predicted octanol–water partition coefficient (Wildman–Crippen LogP) is 3.79. The summed E-state index contributed by atoms with van der Waals surface area (Å²) in [5.74, 6) is -1.04. The largest absolute Gasteiger partial charge is 0.399 e. The number of fused-ring (bicyclic) bond motifs is 1. The van der Waals surface area contributed by atoms with Gasteiger partial charge in [-0.25, -0.2) is 19.3 Å². The van der Waals surface area contributed by atoms with Crippen LogP contribution in [0.1, 0.15) is 34.9 Å². The van der Waals surface area contributed by atoms with Crippen molar-refractivity contribution in [1.82, 2.24) is 15.0 Å². The number of aromatic nitrogens is 3. The first-order valence-electron chi connectivity index (χ1n) is 9.11. The lowest BCUT2D eigenvalue weighted by atomic mass is 9.78. The minimum Gasteiger partial charge on any atom is -0.399 e. The smallest absolute Gasteiger partial charge is 0.220 e. The molecule has 0 fully saturated rings. The molecular formula is C21H19F2N5O. The molecule has 6 nitrogen and oxygen atoms in total. The second-order valence-corrected chi connectivity index (χ2v) is 6.89. The summed E-state index contributed by atoms with van der Waals surface area (Å²) in [6.45, 7) is 1.84. The fourth-order valence-electron chi connectivity index (χ4n) is 3.94. The predicted molar refractivity (Wildman–Crippen MR) is 105 cm³/mol. The quantitative estimate of drug-likeness (QED) is 0.539. The zero-order chi connectivity index (χ0) is 20.5. The maximum absolute atomic E-state index is 14.4. The van der Waals surface area contributed by atoms with Crippen LogP contribution in [0.4, 0.5) is 14.7 Å². The van der Waals surface area contributed by atoms with E-state index in [1.165, 1.54) is 25.4 Å². The normalized spacial score (nSPS) is 17.2. The average molecular weight is 395 g/mol. The summed E-state index contributed by atoms with van der Waals surface area (Å²) in [5.41, 5.74) is 10.3. The number of oxime groups is 1. The summed E-state index contributed by atoms with van der Waals surface area (Å²) >= 11 is 0. The van der Waals surface area contributed by atoms with Crippen LogP contribution in [0.5, 0.6) is 0 Å². The first kappa shape index (κ1) is 18.9. The molecule has 0 spiro atoms. The first-order valence-corrected chi connectivity index (χ1v) is 9.11. The maximum Gasteiger partial charge on any atom is 0.220 e. The Morgan fingerprint density at radius 3 is 2.72 bits per heavy atom. The number of rotatable bonds is 3. The number of nitrogens with two attached hydrogens (primary N) is 1. The molecule has 1 atom stereocenters. The van der Waals surface area contributed by atoms with Crippen molar-refractivity contribution in [3.8, 4) is 11.1 Å². The Balaban J connectivity index is 1.86. The number of hydrogen-bond donors (Lipinski definition) is 1. The van der Waals surface area contributed by atoms with Crippen LogP contribution >= 0.6 is 0 Å². The SMILES string of the molecule is CON=C1C[C@@H](c2ccc(F)cc2-c2cccnc2F)Cc2nc(N)nc(C)c21. The summed E-state index contributed by atoms with van der Waals surface area (Å²) in [6.07, 6.45) is 2.40. The Bertz CT molecular complexity index is 1120. The van der Waals surface area contributed by atoms with Crippen molar-refractivity contribution in [3.63, 3.8) is 0 Å². The lowest BCUT2D eigenvalue weighted by Gasteiger charge is -2.27. The van der Waals surface area contributed by atoms with E-state index in [1.807, 2.05) is 6.92 Å². The van der Waals surface area contributed by atoms with Gasteiger partial charge in [-0.2, -0.15) is 4.39 Å². The molecule has 0 unspecified atom stereocenters. The molecule has 0 aliphatic heterocycles. The van der Waals surface area contributed by atoms with Crippen LogP contribution < -0.4 is 5.73 Å². The highest BCUT2D eigenvalue weighted by Gasteiger charge is 2.31. The second kappa shape index (κ2) is 7.54. The molecule has 0 radical (unpaired) electrons. The molecule has 3 aromatic rings. The van der Waals surface area contributed by atoms with E-state index in [9.17, 15) is 8.78 Å². The topological polar surface area (TPSA) is 86.3 Å². The minimum absolute atomic E-state index is 0.125. The van der Waals surface area contributed by atoms with Crippen LogP contribution in [0.3, 0.4) is 0 Å². The number of anilines is 1. The van der Waals surface area contributed by atoms with Gasteiger partial charge in [-0.3, -0.25) is 0 Å². The number of halogens is 2. The third-order valence-corrected chi connectivity index (χ3v) is 5.06. The number of hydrogen-bond acceptors (Lipinski definition) is 6. The van der Waals surface area contributed by atoms with Crippen LogP contribution in [-0.2, 0) is 11.3 Å². The Hall–Kier alpha value is -3.42. The molecule has 1 aliphatic carbocycles. The number of pyridine rings is 1. The summed E-state index contributed by atoms with van der Waals surface area (Å²) in [4.78, 5) is 17.4. The van der Waals surface area contributed by atoms with E-state index in [-0.39, 0.29) is 17.4 Å². The molecule has 8 heteroatoms. The molecule has 0 saturated heterocycles. The maximum atomic E-state index is 14.4. The van der Waals surface area contributed by atoms with E-state index in [2.05, 4.69) is 20.1 Å². The van der Waals surface area contributed by atoms with Crippen LogP contribution in [0, 0.1) is 18.7 Å². The molecule has 2 N–H and O–H groups in total. The number of nitrogen functional groups attached to an aromatic ring is 1. The fraction of sp³-hybridized carbons (Fsp3) is 0.238. The van der Waals surface area contributed by atoms with Gasteiger partial charge in [0, 0.05) is 23.7 Å². The Morgan fingerprint density at radius 1 is 1.14 bits per heavy atom. The number of aryl methyl sites for hydroxylation is 1. The van der Waals surface area contributed by atoms with Gasteiger partial charge >= 0.3 is 0 Å². The Labute approximate surface area is 166 Å². The molecule has 1 aliphatic rings. The van der Waals surface area contributed by atoms with Gasteiger partial charge in [-0.05, 0) is 54.7 Å². The van der Waals surface area contributed by atoms with E-state index in [0.29, 0.717) is 24.1 Å². The lowest BCUT2D eigenvalue weighted by Crippen LogP contribution is -2.24. The molecule has 2 heterocycles. The van der Waals surface area contributed by atoms with Crippen LogP contribution in [0.15, 0.2) is 41.7 Å². The summed E-state index contributed by atoms with van der Waals surface area (Å²) in [6, 6.07) is 7.59. The molecule has 0 bridgehead atoms. The zero-order valence-electron chi connectivity index (χ0n) is 16.0. The summed E-state index contributed by atoms with van der Waals surface area (Å²) in [7, 11) is 1.47. The highest BCUT2D eigenvalue weighted by molar-refractivity contribution is 6.03. The average Bonchev–Trinajstić information content (AvgIpc) is 2.67. The zero-order valence-corrected chi connectivity index (χ0v) is 16.0. The molecule has 2 aromatic heterocycles. The van der Waals surface area contributed by atoms with Gasteiger partial charge in [-0.15, -0.1) is 0 Å². The van der Waals surface area contributed by atoms with Crippen LogP contribution in [-0.4, -0.2) is 27.8 Å². The van der Waals surface area contributed by atoms with Crippen molar-refractivity contribution in [2.75, 3.05) is 12.8 Å². The van der Waals surface area contributed by atoms with E-state index < -0.39 is 11.8 Å². The number of benzene rings is 1. The van der Waals surface area contributed by atoms with Crippen molar-refractivity contribution in [1.29, 1.82) is 0 Å². The summed E-state index contributed by atoms with van der Waals surface area (Å²) in [5, 5.41) is 4.16. The minimum atomic E-state index is -0.649. The fourth-order valence-corrected chi connectivity index (χ4v) is 3.94. The van der Waals surface area contributed by atoms with Gasteiger partial charge in [0.2, 0.25) is 11.9 Å². The van der Waals surface area contributed by atoms with Gasteiger partial charge in [-0.1, -0.05) is 11.2 Å². The molecule has 0 amide bonds. The van der Waals surface area contributed by atoms with E-state index >= 15 is 0 Å². The monoisotopic (exact) mass is 395 g/mol. The molecular weight excluding hydrogens is 376 g/mol. The number of nitrogens with zero attached hydrogens (tertiary/aromatic N) is 4. The second-order valence-electron chi connectivity index (χ2n) is 6.89. The standard InChI is InChI=1S/C21H19F2N5O/c1-11-19-17(27-21(24)26-11)8-12(9-18(19)28-29-2)14-6-5-13(22)10-16(14)15-4-3-7-25-20(15)23/h3-7,10,12H,8-9H2,1-2H3,(H2,24,26,27)/t12-/m0/s1. The van der Waals surface area contributed by atoms with Crippen LogP contribution in [0.25, 0.3) is 11.1 Å². The van der Waals surface area contributed by atoms with Gasteiger partial charge in [0.25, 0.3) is 0 Å². The van der Waals surface area contributed by atoms with Gasteiger partial charge < -0.3 is 10.6 Å². The van der Waals surface area contributed by atoms with Crippen molar-refractivity contribution in [3.05, 3.63) is 70.8 Å². The Morgan fingerprint density at radius 2 is 1.97 bits per heavy atom. The van der Waals surface area contributed by atoms with Gasteiger partial charge in [0.1, 0.15) is 12.9 Å². The Kier molecular flexibility index (Phi) is 4.92. The van der Waals surface area contributed by atoms with Crippen molar-refractivity contribution < 1.29 is 13.6 Å². The van der Waals surface area contributed by atoms with Crippen molar-refractivity contribution in [2.24, 2.45) is 5.16 Å². The molecule has 29 heavy (non-hydrogen) atoms. The van der Waals surface area contributed by atoms with Gasteiger partial charge in [0.15, 0.2) is 0 Å². The first-order chi connectivity index (χ1) is 14.0. The highest BCUT2D eigenvalue weighted by atomic mass is 19.1. The molecule has 1 aromatic carbocycles. The lowest BCUT2D eigenvalue weighted by molar-refractivity contribution is 0.212. The molecule has 148 valence electrons. The third-order valence-electron chi connectivity index (χ3n) is 5.06. The highest BCUT2D eigenvalue weighted by Crippen LogP contribution is 2.39.